The van der Waals surface area contributed by atoms with E-state index in [-0.39, 0.29) is 5.91 Å². The van der Waals surface area contributed by atoms with Crippen LogP contribution in [0.2, 0.25) is 0 Å². The Labute approximate surface area is 117 Å². The fourth-order valence-corrected chi connectivity index (χ4v) is 3.49. The minimum absolute atomic E-state index is 0.0207. The van der Waals surface area contributed by atoms with Crippen molar-refractivity contribution in [3.05, 3.63) is 4.88 Å². The van der Waals surface area contributed by atoms with Gasteiger partial charge in [-0.1, -0.05) is 11.3 Å². The summed E-state index contributed by atoms with van der Waals surface area (Å²) in [4.78, 5) is 21.3. The summed E-state index contributed by atoms with van der Waals surface area (Å²) in [6, 6.07) is 0. The predicted octanol–water partition coefficient (Wildman–Crippen LogP) is 1.81. The van der Waals surface area contributed by atoms with Gasteiger partial charge >= 0.3 is 0 Å². The third-order valence-corrected chi connectivity index (χ3v) is 4.91. The molecule has 2 N–H and O–H groups in total. The summed E-state index contributed by atoms with van der Waals surface area (Å²) < 4.78 is 0. The number of nitrogens with zero attached hydrogens (tertiary/aromatic N) is 3. The van der Waals surface area contributed by atoms with E-state index in [1.54, 1.807) is 4.90 Å². The summed E-state index contributed by atoms with van der Waals surface area (Å²) >= 11 is 1.44. The second kappa shape index (κ2) is 5.00. The molecular weight excluding hydrogens is 260 g/mol. The highest BCUT2D eigenvalue weighted by Gasteiger charge is 2.28. The maximum atomic E-state index is 12.4. The molecular formula is C13H20N4OS. The van der Waals surface area contributed by atoms with Gasteiger partial charge in [0.05, 0.1) is 0 Å². The van der Waals surface area contributed by atoms with E-state index < -0.39 is 0 Å². The first-order valence-electron chi connectivity index (χ1n) is 6.92. The third kappa shape index (κ3) is 2.68. The summed E-state index contributed by atoms with van der Waals surface area (Å²) in [5, 5.41) is 0.901. The van der Waals surface area contributed by atoms with E-state index in [9.17, 15) is 4.79 Å². The molecule has 0 radical (unpaired) electrons. The Bertz CT molecular complexity index is 477. The molecule has 6 heteroatoms. The molecule has 1 aliphatic carbocycles. The van der Waals surface area contributed by atoms with Crippen molar-refractivity contribution < 1.29 is 4.79 Å². The number of rotatable bonds is 4. The Hall–Kier alpha value is -1.30. The quantitative estimate of drug-likeness (QED) is 0.913. The number of thiazole rings is 1. The second-order valence-corrected chi connectivity index (χ2v) is 6.51. The van der Waals surface area contributed by atoms with Gasteiger partial charge in [-0.2, -0.15) is 0 Å². The Kier molecular flexibility index (Phi) is 3.35. The van der Waals surface area contributed by atoms with E-state index >= 15 is 0 Å². The number of hydrogen-bond acceptors (Lipinski definition) is 5. The Morgan fingerprint density at radius 1 is 1.47 bits per heavy atom. The molecule has 1 amide bonds. The summed E-state index contributed by atoms with van der Waals surface area (Å²) in [6.45, 7) is 2.90. The van der Waals surface area contributed by atoms with E-state index in [4.69, 9.17) is 5.73 Å². The van der Waals surface area contributed by atoms with E-state index in [1.165, 1.54) is 37.0 Å². The minimum Gasteiger partial charge on any atom is -0.382 e. The fourth-order valence-electron chi connectivity index (χ4n) is 2.46. The van der Waals surface area contributed by atoms with Crippen LogP contribution in [0.25, 0.3) is 0 Å². The molecule has 3 rings (SSSR count). The first kappa shape index (κ1) is 12.7. The monoisotopic (exact) mass is 280 g/mol. The van der Waals surface area contributed by atoms with Crippen LogP contribution in [-0.2, 0) is 0 Å². The summed E-state index contributed by atoms with van der Waals surface area (Å²) in [7, 11) is 1.86. The van der Waals surface area contributed by atoms with Gasteiger partial charge in [0.25, 0.3) is 5.91 Å². The highest BCUT2D eigenvalue weighted by atomic mass is 32.1. The number of amides is 1. The number of aromatic nitrogens is 1. The Balaban J connectivity index is 1.73. The van der Waals surface area contributed by atoms with Crippen LogP contribution in [0.4, 0.5) is 10.9 Å². The smallest absolute Gasteiger partial charge is 0.267 e. The number of anilines is 2. The topological polar surface area (TPSA) is 62.5 Å². The van der Waals surface area contributed by atoms with Crippen molar-refractivity contribution in [2.75, 3.05) is 37.3 Å². The van der Waals surface area contributed by atoms with Crippen LogP contribution in [0.15, 0.2) is 0 Å². The van der Waals surface area contributed by atoms with Gasteiger partial charge in [-0.25, -0.2) is 4.98 Å². The molecule has 2 aliphatic rings. The molecule has 1 aromatic heterocycles. The van der Waals surface area contributed by atoms with Crippen LogP contribution < -0.4 is 10.6 Å². The number of hydrogen-bond donors (Lipinski definition) is 1. The highest BCUT2D eigenvalue weighted by molar-refractivity contribution is 7.18. The lowest BCUT2D eigenvalue weighted by molar-refractivity contribution is 0.0794. The average Bonchev–Trinajstić information content (AvgIpc) is 2.92. The number of nitrogen functional groups attached to an aromatic ring is 1. The van der Waals surface area contributed by atoms with E-state index in [0.29, 0.717) is 16.6 Å². The van der Waals surface area contributed by atoms with Crippen LogP contribution in [-0.4, -0.2) is 42.5 Å². The fraction of sp³-hybridized carbons (Fsp3) is 0.692. The van der Waals surface area contributed by atoms with Gasteiger partial charge < -0.3 is 15.5 Å². The molecule has 1 saturated carbocycles. The van der Waals surface area contributed by atoms with Crippen molar-refractivity contribution in [1.82, 2.24) is 9.88 Å². The maximum Gasteiger partial charge on any atom is 0.267 e. The summed E-state index contributed by atoms with van der Waals surface area (Å²) in [5.41, 5.74) is 5.92. The van der Waals surface area contributed by atoms with Crippen LogP contribution in [0.3, 0.4) is 0 Å². The van der Waals surface area contributed by atoms with Gasteiger partial charge in [0.2, 0.25) is 0 Å². The molecule has 104 valence electrons. The van der Waals surface area contributed by atoms with Gasteiger partial charge in [0.1, 0.15) is 10.7 Å². The van der Waals surface area contributed by atoms with Gasteiger partial charge in [0.15, 0.2) is 5.13 Å². The molecule has 0 spiro atoms. The molecule has 1 aliphatic heterocycles. The van der Waals surface area contributed by atoms with E-state index in [1.807, 2.05) is 7.05 Å². The van der Waals surface area contributed by atoms with Crippen molar-refractivity contribution in [2.45, 2.75) is 25.7 Å². The SMILES string of the molecule is CN(CC1CC1)C(=O)c1sc(N2CCCC2)nc1N. The van der Waals surface area contributed by atoms with Crippen LogP contribution in [0.1, 0.15) is 35.4 Å². The summed E-state index contributed by atoms with van der Waals surface area (Å²) in [5.74, 6) is 1.10. The average molecular weight is 280 g/mol. The first-order chi connectivity index (χ1) is 9.15. The lowest BCUT2D eigenvalue weighted by Gasteiger charge is -2.15. The van der Waals surface area contributed by atoms with E-state index in [0.717, 1.165) is 24.8 Å². The van der Waals surface area contributed by atoms with Crippen LogP contribution >= 0.6 is 11.3 Å². The van der Waals surface area contributed by atoms with Gasteiger partial charge in [-0.3, -0.25) is 4.79 Å². The van der Waals surface area contributed by atoms with Crippen LogP contribution in [0, 0.1) is 5.92 Å². The number of carbonyl (C=O) groups excluding carboxylic acids is 1. The molecule has 5 nitrogen and oxygen atoms in total. The Morgan fingerprint density at radius 2 is 2.16 bits per heavy atom. The lowest BCUT2D eigenvalue weighted by Crippen LogP contribution is -2.28. The molecule has 1 aromatic rings. The van der Waals surface area contributed by atoms with Crippen molar-refractivity contribution in [3.8, 4) is 0 Å². The van der Waals surface area contributed by atoms with Crippen LogP contribution in [0.5, 0.6) is 0 Å². The van der Waals surface area contributed by atoms with Crippen molar-refractivity contribution in [1.29, 1.82) is 0 Å². The molecule has 0 bridgehead atoms. The Morgan fingerprint density at radius 3 is 2.79 bits per heavy atom. The zero-order valence-corrected chi connectivity index (χ0v) is 12.1. The minimum atomic E-state index is 0.0207. The first-order valence-corrected chi connectivity index (χ1v) is 7.73. The number of carbonyl (C=O) groups is 1. The van der Waals surface area contributed by atoms with Gasteiger partial charge in [0, 0.05) is 26.7 Å². The summed E-state index contributed by atoms with van der Waals surface area (Å²) in [6.07, 6.45) is 4.89. The zero-order chi connectivity index (χ0) is 13.4. The highest BCUT2D eigenvalue weighted by Crippen LogP contribution is 2.33. The van der Waals surface area contributed by atoms with Crippen molar-refractivity contribution in [3.63, 3.8) is 0 Å². The second-order valence-electron chi connectivity index (χ2n) is 5.53. The number of nitrogens with two attached hydrogens (primary N) is 1. The standard InChI is InChI=1S/C13H20N4OS/c1-16(8-9-4-5-9)12(18)10-11(14)15-13(19-10)17-6-2-3-7-17/h9H,2-8,14H2,1H3. The van der Waals surface area contributed by atoms with Crippen molar-refractivity contribution >= 4 is 28.2 Å². The third-order valence-electron chi connectivity index (χ3n) is 3.79. The van der Waals surface area contributed by atoms with Gasteiger partial charge in [-0.15, -0.1) is 0 Å². The molecule has 19 heavy (non-hydrogen) atoms. The van der Waals surface area contributed by atoms with Gasteiger partial charge in [-0.05, 0) is 31.6 Å². The maximum absolute atomic E-state index is 12.4. The molecule has 2 fully saturated rings. The molecule has 2 heterocycles. The zero-order valence-electron chi connectivity index (χ0n) is 11.3. The largest absolute Gasteiger partial charge is 0.382 e. The molecule has 0 unspecified atom stereocenters. The molecule has 0 atom stereocenters. The predicted molar refractivity (Wildman–Crippen MR) is 77.7 cm³/mol. The van der Waals surface area contributed by atoms with Crippen molar-refractivity contribution in [2.24, 2.45) is 5.92 Å². The van der Waals surface area contributed by atoms with E-state index in [2.05, 4.69) is 9.88 Å². The molecule has 0 aromatic carbocycles. The molecule has 1 saturated heterocycles. The normalized spacial score (nSPS) is 18.9. The lowest BCUT2D eigenvalue weighted by atomic mass is 10.3.